The Bertz CT molecular complexity index is 668. The van der Waals surface area contributed by atoms with Crippen LogP contribution in [0.5, 0.6) is 5.75 Å². The van der Waals surface area contributed by atoms with Gasteiger partial charge in [0.05, 0.1) is 19.3 Å². The Hall–Kier alpha value is -2.74. The number of nitrogens with one attached hydrogen (secondary N) is 1. The summed E-state index contributed by atoms with van der Waals surface area (Å²) in [7, 11) is 3.32. The number of hydrogen-bond acceptors (Lipinski definition) is 3. The summed E-state index contributed by atoms with van der Waals surface area (Å²) in [4.78, 5) is 11.9. The van der Waals surface area contributed by atoms with Crippen molar-refractivity contribution in [3.63, 3.8) is 0 Å². The Balaban J connectivity index is 2.31. The number of benzene rings is 1. The molecular formula is C15H15N3O2. The first kappa shape index (κ1) is 13.7. The Morgan fingerprint density at radius 3 is 3.00 bits per heavy atom. The fourth-order valence-corrected chi connectivity index (χ4v) is 1.83. The standard InChI is InChI=1S/C15H15N3O2/c1-4-8-16-15(19)14-10-13(17-18(14)2)11-6-5-7-12(9-11)20-3/h1,5-7,9-10H,8H2,2-3H3,(H,16,19). The summed E-state index contributed by atoms with van der Waals surface area (Å²) < 4.78 is 6.71. The summed E-state index contributed by atoms with van der Waals surface area (Å²) in [5.41, 5.74) is 2.05. The van der Waals surface area contributed by atoms with Crippen LogP contribution in [0.2, 0.25) is 0 Å². The van der Waals surface area contributed by atoms with E-state index >= 15 is 0 Å². The average Bonchev–Trinajstić information content (AvgIpc) is 2.87. The van der Waals surface area contributed by atoms with Crippen molar-refractivity contribution in [1.82, 2.24) is 15.1 Å². The van der Waals surface area contributed by atoms with Crippen LogP contribution in [0.1, 0.15) is 10.5 Å². The van der Waals surface area contributed by atoms with Gasteiger partial charge in [-0.3, -0.25) is 9.48 Å². The minimum atomic E-state index is -0.243. The van der Waals surface area contributed by atoms with Crippen molar-refractivity contribution in [2.24, 2.45) is 7.05 Å². The van der Waals surface area contributed by atoms with Crippen LogP contribution < -0.4 is 10.1 Å². The van der Waals surface area contributed by atoms with Gasteiger partial charge in [0.1, 0.15) is 11.4 Å². The van der Waals surface area contributed by atoms with Gasteiger partial charge in [-0.05, 0) is 18.2 Å². The first-order valence-corrected chi connectivity index (χ1v) is 6.06. The second-order valence-corrected chi connectivity index (χ2v) is 4.16. The Morgan fingerprint density at radius 1 is 1.50 bits per heavy atom. The van der Waals surface area contributed by atoms with E-state index in [1.54, 1.807) is 20.2 Å². The molecule has 0 atom stereocenters. The molecule has 1 N–H and O–H groups in total. The highest BCUT2D eigenvalue weighted by Gasteiger charge is 2.13. The smallest absolute Gasteiger partial charge is 0.270 e. The molecule has 0 unspecified atom stereocenters. The Kier molecular flexibility index (Phi) is 4.06. The molecular weight excluding hydrogens is 254 g/mol. The monoisotopic (exact) mass is 269 g/mol. The van der Waals surface area contributed by atoms with Crippen molar-refractivity contribution in [2.75, 3.05) is 13.7 Å². The normalized spacial score (nSPS) is 9.85. The van der Waals surface area contributed by atoms with Crippen LogP contribution in [0.25, 0.3) is 11.3 Å². The van der Waals surface area contributed by atoms with Crippen LogP contribution in [0.4, 0.5) is 0 Å². The second kappa shape index (κ2) is 5.93. The highest BCUT2D eigenvalue weighted by Crippen LogP contribution is 2.23. The van der Waals surface area contributed by atoms with E-state index in [1.165, 1.54) is 4.68 Å². The zero-order chi connectivity index (χ0) is 14.5. The highest BCUT2D eigenvalue weighted by atomic mass is 16.5. The van der Waals surface area contributed by atoms with Gasteiger partial charge >= 0.3 is 0 Å². The number of nitrogens with zero attached hydrogens (tertiary/aromatic N) is 2. The van der Waals surface area contributed by atoms with Gasteiger partial charge in [0, 0.05) is 12.6 Å². The molecule has 0 aliphatic carbocycles. The minimum absolute atomic E-state index is 0.193. The SMILES string of the molecule is C#CCNC(=O)c1cc(-c2cccc(OC)c2)nn1C. The van der Waals surface area contributed by atoms with E-state index in [0.717, 1.165) is 11.3 Å². The van der Waals surface area contributed by atoms with Gasteiger partial charge in [0.2, 0.25) is 0 Å². The Morgan fingerprint density at radius 2 is 2.30 bits per heavy atom. The number of aryl methyl sites for hydroxylation is 1. The largest absolute Gasteiger partial charge is 0.497 e. The molecule has 2 rings (SSSR count). The van der Waals surface area contributed by atoms with Crippen molar-refractivity contribution >= 4 is 5.91 Å². The van der Waals surface area contributed by atoms with Gasteiger partial charge < -0.3 is 10.1 Å². The number of carbonyl (C=O) groups is 1. The molecule has 20 heavy (non-hydrogen) atoms. The van der Waals surface area contributed by atoms with Crippen molar-refractivity contribution in [3.8, 4) is 29.4 Å². The van der Waals surface area contributed by atoms with E-state index in [2.05, 4.69) is 16.3 Å². The lowest BCUT2D eigenvalue weighted by atomic mass is 10.1. The number of carbonyl (C=O) groups excluding carboxylic acids is 1. The fraction of sp³-hybridized carbons (Fsp3) is 0.200. The maximum Gasteiger partial charge on any atom is 0.270 e. The summed E-state index contributed by atoms with van der Waals surface area (Å²) in [6, 6.07) is 9.23. The predicted molar refractivity (Wildman–Crippen MR) is 76.4 cm³/mol. The predicted octanol–water partition coefficient (Wildman–Crippen LogP) is 1.46. The van der Waals surface area contributed by atoms with Crippen molar-refractivity contribution in [1.29, 1.82) is 0 Å². The lowest BCUT2D eigenvalue weighted by molar-refractivity contribution is 0.0949. The molecule has 1 amide bonds. The summed E-state index contributed by atoms with van der Waals surface area (Å²) in [6.45, 7) is 0.193. The lowest BCUT2D eigenvalue weighted by Crippen LogP contribution is -2.25. The van der Waals surface area contributed by atoms with Crippen LogP contribution in [0.3, 0.4) is 0 Å². The molecule has 0 fully saturated rings. The molecule has 1 aromatic carbocycles. The average molecular weight is 269 g/mol. The fourth-order valence-electron chi connectivity index (χ4n) is 1.83. The third kappa shape index (κ3) is 2.81. The molecule has 0 bridgehead atoms. The molecule has 0 saturated carbocycles. The van der Waals surface area contributed by atoms with E-state index in [1.807, 2.05) is 24.3 Å². The molecule has 1 aromatic heterocycles. The number of methoxy groups -OCH3 is 1. The van der Waals surface area contributed by atoms with E-state index in [0.29, 0.717) is 11.4 Å². The maximum atomic E-state index is 11.9. The van der Waals surface area contributed by atoms with Gasteiger partial charge in [0.15, 0.2) is 0 Å². The van der Waals surface area contributed by atoms with Gasteiger partial charge in [-0.15, -0.1) is 6.42 Å². The van der Waals surface area contributed by atoms with Crippen LogP contribution in [0.15, 0.2) is 30.3 Å². The van der Waals surface area contributed by atoms with Crippen LogP contribution >= 0.6 is 0 Å². The highest BCUT2D eigenvalue weighted by molar-refractivity contribution is 5.93. The summed E-state index contributed by atoms with van der Waals surface area (Å²) in [5.74, 6) is 2.86. The Labute approximate surface area is 117 Å². The molecule has 0 aliphatic rings. The molecule has 0 aliphatic heterocycles. The third-order valence-electron chi connectivity index (χ3n) is 2.83. The number of terminal acetylenes is 1. The molecule has 0 saturated heterocycles. The maximum absolute atomic E-state index is 11.9. The van der Waals surface area contributed by atoms with Crippen LogP contribution in [0, 0.1) is 12.3 Å². The van der Waals surface area contributed by atoms with Gasteiger partial charge in [-0.25, -0.2) is 0 Å². The minimum Gasteiger partial charge on any atom is -0.497 e. The molecule has 1 heterocycles. The molecule has 5 nitrogen and oxygen atoms in total. The molecule has 102 valence electrons. The van der Waals surface area contributed by atoms with Crippen molar-refractivity contribution in [2.45, 2.75) is 0 Å². The zero-order valence-electron chi connectivity index (χ0n) is 11.4. The molecule has 5 heteroatoms. The molecule has 2 aromatic rings. The zero-order valence-corrected chi connectivity index (χ0v) is 11.4. The van der Waals surface area contributed by atoms with Crippen molar-refractivity contribution in [3.05, 3.63) is 36.0 Å². The molecule has 0 radical (unpaired) electrons. The van der Waals surface area contributed by atoms with E-state index in [-0.39, 0.29) is 12.5 Å². The number of hydrogen-bond donors (Lipinski definition) is 1. The van der Waals surface area contributed by atoms with E-state index in [4.69, 9.17) is 11.2 Å². The summed E-state index contributed by atoms with van der Waals surface area (Å²) >= 11 is 0. The van der Waals surface area contributed by atoms with Gasteiger partial charge in [-0.1, -0.05) is 18.1 Å². The van der Waals surface area contributed by atoms with E-state index < -0.39 is 0 Å². The summed E-state index contributed by atoms with van der Waals surface area (Å²) in [5, 5.41) is 6.95. The topological polar surface area (TPSA) is 56.1 Å². The van der Waals surface area contributed by atoms with Crippen molar-refractivity contribution < 1.29 is 9.53 Å². The van der Waals surface area contributed by atoms with Crippen LogP contribution in [-0.4, -0.2) is 29.3 Å². The van der Waals surface area contributed by atoms with Gasteiger partial charge in [0.25, 0.3) is 5.91 Å². The van der Waals surface area contributed by atoms with Crippen LogP contribution in [-0.2, 0) is 7.05 Å². The summed E-state index contributed by atoms with van der Waals surface area (Å²) in [6.07, 6.45) is 5.12. The van der Waals surface area contributed by atoms with E-state index in [9.17, 15) is 4.79 Å². The number of aromatic nitrogens is 2. The lowest BCUT2D eigenvalue weighted by Gasteiger charge is -2.01. The molecule has 0 spiro atoms. The second-order valence-electron chi connectivity index (χ2n) is 4.16. The first-order chi connectivity index (χ1) is 9.65. The number of ether oxygens (including phenoxy) is 1. The number of rotatable bonds is 4. The number of amides is 1. The quantitative estimate of drug-likeness (QED) is 0.855. The first-order valence-electron chi connectivity index (χ1n) is 6.06. The van der Waals surface area contributed by atoms with Gasteiger partial charge in [-0.2, -0.15) is 5.10 Å². The third-order valence-corrected chi connectivity index (χ3v) is 2.83.